The van der Waals surface area contributed by atoms with E-state index in [1.807, 2.05) is 6.92 Å². The monoisotopic (exact) mass is 385 g/mol. The van der Waals surface area contributed by atoms with Crippen LogP contribution in [0.5, 0.6) is 0 Å². The Hall–Kier alpha value is -2.91. The van der Waals surface area contributed by atoms with Gasteiger partial charge >= 0.3 is 5.97 Å². The Bertz CT molecular complexity index is 828. The highest BCUT2D eigenvalue weighted by molar-refractivity contribution is 5.73. The van der Waals surface area contributed by atoms with Crippen LogP contribution in [-0.4, -0.2) is 30.6 Å². The van der Waals surface area contributed by atoms with Crippen molar-refractivity contribution in [2.75, 3.05) is 19.7 Å². The summed E-state index contributed by atoms with van der Waals surface area (Å²) in [7, 11) is 0. The van der Waals surface area contributed by atoms with Crippen LogP contribution in [0.15, 0.2) is 91.0 Å². The Balaban J connectivity index is 1.89. The Morgan fingerprint density at radius 3 is 1.72 bits per heavy atom. The fourth-order valence-electron chi connectivity index (χ4n) is 4.60. The number of hydrogen-bond acceptors (Lipinski definition) is 3. The topological polar surface area (TPSA) is 29.5 Å². The third-order valence-electron chi connectivity index (χ3n) is 5.86. The average Bonchev–Trinajstić information content (AvgIpc) is 3.27. The summed E-state index contributed by atoms with van der Waals surface area (Å²) >= 11 is 0. The normalized spacial score (nSPS) is 17.2. The Morgan fingerprint density at radius 1 is 0.862 bits per heavy atom. The molecule has 1 fully saturated rings. The molecule has 0 N–H and O–H groups in total. The summed E-state index contributed by atoms with van der Waals surface area (Å²) < 4.78 is 5.34. The second kappa shape index (κ2) is 8.62. The Labute approximate surface area is 172 Å². The molecule has 1 saturated heterocycles. The highest BCUT2D eigenvalue weighted by Gasteiger charge is 2.46. The number of nitrogens with zero attached hydrogens (tertiary/aromatic N) is 1. The van der Waals surface area contributed by atoms with Gasteiger partial charge in [-0.3, -0.25) is 9.69 Å². The minimum atomic E-state index is -0.453. The van der Waals surface area contributed by atoms with Gasteiger partial charge in [-0.2, -0.15) is 0 Å². The minimum Gasteiger partial charge on any atom is -0.466 e. The van der Waals surface area contributed by atoms with Crippen LogP contribution in [0.1, 0.15) is 30.0 Å². The lowest BCUT2D eigenvalue weighted by atomic mass is 9.75. The first-order valence-corrected chi connectivity index (χ1v) is 10.3. The van der Waals surface area contributed by atoms with Crippen molar-refractivity contribution in [3.05, 3.63) is 108 Å². The Morgan fingerprint density at radius 2 is 1.31 bits per heavy atom. The summed E-state index contributed by atoms with van der Waals surface area (Å²) in [5.41, 5.74) is 3.18. The third kappa shape index (κ3) is 3.58. The van der Waals surface area contributed by atoms with Crippen LogP contribution in [0, 0.1) is 5.92 Å². The van der Waals surface area contributed by atoms with E-state index in [-0.39, 0.29) is 11.9 Å². The molecule has 3 nitrogen and oxygen atoms in total. The van der Waals surface area contributed by atoms with Crippen molar-refractivity contribution in [1.82, 2.24) is 4.90 Å². The van der Waals surface area contributed by atoms with E-state index >= 15 is 0 Å². The zero-order valence-corrected chi connectivity index (χ0v) is 16.8. The molecule has 0 spiro atoms. The number of rotatable bonds is 6. The lowest BCUT2D eigenvalue weighted by Gasteiger charge is -2.44. The molecule has 0 aliphatic carbocycles. The smallest absolute Gasteiger partial charge is 0.310 e. The maximum absolute atomic E-state index is 12.5. The van der Waals surface area contributed by atoms with Crippen molar-refractivity contribution in [1.29, 1.82) is 0 Å². The molecule has 0 bridgehead atoms. The average molecular weight is 386 g/mol. The number of esters is 1. The molecule has 3 aromatic carbocycles. The van der Waals surface area contributed by atoms with E-state index in [2.05, 4.69) is 95.9 Å². The van der Waals surface area contributed by atoms with Crippen LogP contribution in [0.2, 0.25) is 0 Å². The van der Waals surface area contributed by atoms with Gasteiger partial charge in [0.25, 0.3) is 0 Å². The molecule has 0 amide bonds. The van der Waals surface area contributed by atoms with Crippen molar-refractivity contribution in [2.45, 2.75) is 18.9 Å². The molecule has 3 heteroatoms. The van der Waals surface area contributed by atoms with Crippen LogP contribution in [0.3, 0.4) is 0 Å². The predicted molar refractivity (Wildman–Crippen MR) is 116 cm³/mol. The van der Waals surface area contributed by atoms with Gasteiger partial charge in [0.2, 0.25) is 0 Å². The highest BCUT2D eigenvalue weighted by atomic mass is 16.5. The van der Waals surface area contributed by atoms with Crippen LogP contribution < -0.4 is 0 Å². The maximum atomic E-state index is 12.5. The van der Waals surface area contributed by atoms with E-state index in [1.165, 1.54) is 16.7 Å². The fourth-order valence-corrected chi connectivity index (χ4v) is 4.60. The third-order valence-corrected chi connectivity index (χ3v) is 5.86. The van der Waals surface area contributed by atoms with Crippen molar-refractivity contribution in [2.24, 2.45) is 5.92 Å². The van der Waals surface area contributed by atoms with Gasteiger partial charge in [0.1, 0.15) is 0 Å². The first-order chi connectivity index (χ1) is 14.3. The standard InChI is InChI=1S/C26H27NO2/c1-2-29-25(28)21-18-19-27(20-21)26(22-12-6-3-7-13-22,23-14-8-4-9-15-23)24-16-10-5-11-17-24/h3-17,21H,2,18-20H2,1H3. The molecular weight excluding hydrogens is 358 g/mol. The molecular formula is C26H27NO2. The molecule has 1 aliphatic heterocycles. The van der Waals surface area contributed by atoms with Gasteiger partial charge in [0.15, 0.2) is 0 Å². The van der Waals surface area contributed by atoms with Gasteiger partial charge in [-0.25, -0.2) is 0 Å². The summed E-state index contributed by atoms with van der Waals surface area (Å²) in [6.07, 6.45) is 0.813. The number of likely N-dealkylation sites (tertiary alicyclic amines) is 1. The number of hydrogen-bond donors (Lipinski definition) is 0. The molecule has 4 rings (SSSR count). The zero-order valence-electron chi connectivity index (χ0n) is 16.8. The van der Waals surface area contributed by atoms with Crippen LogP contribution in [0.25, 0.3) is 0 Å². The highest BCUT2D eigenvalue weighted by Crippen LogP contribution is 2.44. The predicted octanol–water partition coefficient (Wildman–Crippen LogP) is 4.86. The first kappa shape index (κ1) is 19.4. The number of carbonyl (C=O) groups excluding carboxylic acids is 1. The maximum Gasteiger partial charge on any atom is 0.310 e. The summed E-state index contributed by atoms with van der Waals surface area (Å²) in [5.74, 6) is -0.177. The molecule has 1 aliphatic rings. The fraction of sp³-hybridized carbons (Fsp3) is 0.269. The molecule has 29 heavy (non-hydrogen) atoms. The second-order valence-electron chi connectivity index (χ2n) is 7.49. The van der Waals surface area contributed by atoms with E-state index in [0.29, 0.717) is 13.2 Å². The van der Waals surface area contributed by atoms with Gasteiger partial charge in [-0.15, -0.1) is 0 Å². The molecule has 1 unspecified atom stereocenters. The van der Waals surface area contributed by atoms with E-state index in [0.717, 1.165) is 13.0 Å². The summed E-state index contributed by atoms with van der Waals surface area (Å²) in [6, 6.07) is 31.9. The van der Waals surface area contributed by atoms with Gasteiger partial charge in [-0.05, 0) is 30.0 Å². The second-order valence-corrected chi connectivity index (χ2v) is 7.49. The van der Waals surface area contributed by atoms with Crippen molar-refractivity contribution in [3.8, 4) is 0 Å². The largest absolute Gasteiger partial charge is 0.466 e. The molecule has 0 saturated carbocycles. The van der Waals surface area contributed by atoms with Gasteiger partial charge in [0.05, 0.1) is 18.1 Å². The molecule has 1 heterocycles. The van der Waals surface area contributed by atoms with E-state index in [4.69, 9.17) is 4.74 Å². The Kier molecular flexibility index (Phi) is 5.77. The molecule has 148 valence electrons. The van der Waals surface area contributed by atoms with E-state index in [9.17, 15) is 4.79 Å². The molecule has 3 aromatic rings. The van der Waals surface area contributed by atoms with Crippen LogP contribution in [0.4, 0.5) is 0 Å². The summed E-state index contributed by atoms with van der Waals surface area (Å²) in [4.78, 5) is 14.9. The summed E-state index contributed by atoms with van der Waals surface area (Å²) in [6.45, 7) is 3.81. The van der Waals surface area contributed by atoms with E-state index < -0.39 is 5.54 Å². The molecule has 0 aromatic heterocycles. The minimum absolute atomic E-state index is 0.0851. The summed E-state index contributed by atoms with van der Waals surface area (Å²) in [5, 5.41) is 0. The van der Waals surface area contributed by atoms with Gasteiger partial charge in [0, 0.05) is 13.1 Å². The quantitative estimate of drug-likeness (QED) is 0.448. The SMILES string of the molecule is CCOC(=O)C1CCN(C(c2ccccc2)(c2ccccc2)c2ccccc2)C1. The first-order valence-electron chi connectivity index (χ1n) is 10.3. The van der Waals surface area contributed by atoms with Crippen LogP contribution >= 0.6 is 0 Å². The number of carbonyl (C=O) groups is 1. The lowest BCUT2D eigenvalue weighted by molar-refractivity contribution is -0.147. The lowest BCUT2D eigenvalue weighted by Crippen LogP contribution is -2.47. The van der Waals surface area contributed by atoms with E-state index in [1.54, 1.807) is 0 Å². The molecule has 1 atom stereocenters. The molecule has 0 radical (unpaired) electrons. The van der Waals surface area contributed by atoms with Crippen molar-refractivity contribution < 1.29 is 9.53 Å². The number of benzene rings is 3. The van der Waals surface area contributed by atoms with Gasteiger partial charge < -0.3 is 4.74 Å². The van der Waals surface area contributed by atoms with Gasteiger partial charge in [-0.1, -0.05) is 91.0 Å². The zero-order chi connectivity index (χ0) is 20.1. The van der Waals surface area contributed by atoms with Crippen molar-refractivity contribution in [3.63, 3.8) is 0 Å². The van der Waals surface area contributed by atoms with Crippen LogP contribution in [-0.2, 0) is 15.1 Å². The number of ether oxygens (including phenoxy) is 1. The van der Waals surface area contributed by atoms with Crippen molar-refractivity contribution >= 4 is 5.97 Å².